The van der Waals surface area contributed by atoms with Gasteiger partial charge in [-0.1, -0.05) is 30.3 Å². The van der Waals surface area contributed by atoms with Crippen LogP contribution in [0.25, 0.3) is 11.8 Å². The maximum Gasteiger partial charge on any atom is 0.344 e. The molecule has 0 spiro atoms. The van der Waals surface area contributed by atoms with E-state index in [0.29, 0.717) is 11.3 Å². The molecular weight excluding hydrogens is 258 g/mol. The molecule has 0 saturated heterocycles. The zero-order valence-corrected chi connectivity index (χ0v) is 10.3. The summed E-state index contributed by atoms with van der Waals surface area (Å²) < 4.78 is 5.17. The van der Waals surface area contributed by atoms with E-state index in [1.54, 1.807) is 6.08 Å². The fourth-order valence-corrected chi connectivity index (χ4v) is 2.05. The normalized spacial score (nSPS) is 15.0. The molecule has 3 rings (SSSR count). The van der Waals surface area contributed by atoms with E-state index in [1.807, 2.05) is 30.3 Å². The lowest BCUT2D eigenvalue weighted by molar-refractivity contribution is -0.384. The van der Waals surface area contributed by atoms with Crippen LogP contribution in [0.4, 0.5) is 5.69 Å². The Bertz CT molecular complexity index is 735. The molecule has 5 nitrogen and oxygen atoms in total. The lowest BCUT2D eigenvalue weighted by Crippen LogP contribution is -1.95. The number of hydrogen-bond acceptors (Lipinski definition) is 4. The Hall–Kier alpha value is -2.95. The summed E-state index contributed by atoms with van der Waals surface area (Å²) in [5.41, 5.74) is 1.56. The van der Waals surface area contributed by atoms with Crippen LogP contribution < -0.4 is 0 Å². The van der Waals surface area contributed by atoms with Crippen molar-refractivity contribution in [2.24, 2.45) is 0 Å². The summed E-state index contributed by atoms with van der Waals surface area (Å²) in [6, 6.07) is 13.5. The van der Waals surface area contributed by atoms with Crippen LogP contribution in [0.3, 0.4) is 0 Å². The highest BCUT2D eigenvalue weighted by atomic mass is 16.6. The highest BCUT2D eigenvalue weighted by molar-refractivity contribution is 6.06. The Morgan fingerprint density at radius 1 is 1.05 bits per heavy atom. The molecule has 1 aliphatic rings. The van der Waals surface area contributed by atoms with E-state index in [-0.39, 0.29) is 11.3 Å². The van der Waals surface area contributed by atoms with Crippen molar-refractivity contribution >= 4 is 23.5 Å². The fraction of sp³-hybridized carbons (Fsp3) is 0. The van der Waals surface area contributed by atoms with Gasteiger partial charge in [0, 0.05) is 17.7 Å². The number of carbonyl (C=O) groups is 1. The molecule has 0 atom stereocenters. The topological polar surface area (TPSA) is 69.4 Å². The molecule has 98 valence electrons. The molecule has 1 aliphatic heterocycles. The first-order chi connectivity index (χ1) is 9.65. The molecule has 0 N–H and O–H groups in total. The standard InChI is InChI=1S/C15H9NO4/c17-15-13-9-11(16(18)19)6-7-12(13)14(20-15)8-10-4-2-1-3-5-10/h1-9H/b14-8+. The monoisotopic (exact) mass is 267 g/mol. The number of esters is 1. The van der Waals surface area contributed by atoms with Crippen molar-refractivity contribution in [3.05, 3.63) is 75.3 Å². The maximum atomic E-state index is 11.8. The van der Waals surface area contributed by atoms with Crippen molar-refractivity contribution in [1.82, 2.24) is 0 Å². The summed E-state index contributed by atoms with van der Waals surface area (Å²) in [4.78, 5) is 21.9. The second kappa shape index (κ2) is 4.62. The predicted octanol–water partition coefficient (Wildman–Crippen LogP) is 3.26. The van der Waals surface area contributed by atoms with Crippen LogP contribution >= 0.6 is 0 Å². The summed E-state index contributed by atoms with van der Waals surface area (Å²) in [6.45, 7) is 0. The maximum absolute atomic E-state index is 11.8. The largest absolute Gasteiger partial charge is 0.422 e. The Morgan fingerprint density at radius 3 is 2.50 bits per heavy atom. The molecule has 0 bridgehead atoms. The van der Waals surface area contributed by atoms with Crippen molar-refractivity contribution in [2.45, 2.75) is 0 Å². The first kappa shape index (κ1) is 12.1. The summed E-state index contributed by atoms with van der Waals surface area (Å²) in [5.74, 6) is -0.156. The number of nitro groups is 1. The van der Waals surface area contributed by atoms with E-state index in [0.717, 1.165) is 5.56 Å². The third kappa shape index (κ3) is 2.05. The first-order valence-corrected chi connectivity index (χ1v) is 5.93. The summed E-state index contributed by atoms with van der Waals surface area (Å²) >= 11 is 0. The van der Waals surface area contributed by atoms with Gasteiger partial charge in [-0.15, -0.1) is 0 Å². The number of nitro benzene ring substituents is 1. The minimum absolute atomic E-state index is 0.123. The smallest absolute Gasteiger partial charge is 0.344 e. The molecule has 0 aliphatic carbocycles. The van der Waals surface area contributed by atoms with Crippen molar-refractivity contribution in [3.63, 3.8) is 0 Å². The Morgan fingerprint density at radius 2 is 1.80 bits per heavy atom. The number of rotatable bonds is 2. The molecule has 5 heteroatoms. The van der Waals surface area contributed by atoms with E-state index >= 15 is 0 Å². The van der Waals surface area contributed by atoms with Gasteiger partial charge < -0.3 is 4.74 Å². The number of ether oxygens (including phenoxy) is 1. The van der Waals surface area contributed by atoms with E-state index in [1.165, 1.54) is 18.2 Å². The highest BCUT2D eigenvalue weighted by Crippen LogP contribution is 2.33. The summed E-state index contributed by atoms with van der Waals surface area (Å²) in [5, 5.41) is 10.7. The molecular formula is C15H9NO4. The van der Waals surface area contributed by atoms with Gasteiger partial charge in [-0.25, -0.2) is 4.79 Å². The van der Waals surface area contributed by atoms with Gasteiger partial charge in [0.15, 0.2) is 0 Å². The summed E-state index contributed by atoms with van der Waals surface area (Å²) in [6.07, 6.45) is 1.73. The molecule has 0 fully saturated rings. The van der Waals surface area contributed by atoms with Crippen LogP contribution in [0.5, 0.6) is 0 Å². The average molecular weight is 267 g/mol. The number of non-ortho nitro benzene ring substituents is 1. The van der Waals surface area contributed by atoms with E-state index in [4.69, 9.17) is 4.74 Å². The molecule has 0 aromatic heterocycles. The molecule has 0 unspecified atom stereocenters. The minimum Gasteiger partial charge on any atom is -0.422 e. The SMILES string of the molecule is O=C1O/C(=C/c2ccccc2)c2ccc([N+](=O)[O-])cc21. The third-order valence-corrected chi connectivity index (χ3v) is 3.00. The van der Waals surface area contributed by atoms with Crippen molar-refractivity contribution in [1.29, 1.82) is 0 Å². The van der Waals surface area contributed by atoms with Gasteiger partial charge >= 0.3 is 5.97 Å². The van der Waals surface area contributed by atoms with Gasteiger partial charge in [-0.2, -0.15) is 0 Å². The number of hydrogen-bond donors (Lipinski definition) is 0. The van der Waals surface area contributed by atoms with Crippen molar-refractivity contribution in [3.8, 4) is 0 Å². The van der Waals surface area contributed by atoms with Crippen LogP contribution in [0, 0.1) is 10.1 Å². The quantitative estimate of drug-likeness (QED) is 0.475. The first-order valence-electron chi connectivity index (χ1n) is 5.93. The molecule has 0 radical (unpaired) electrons. The minimum atomic E-state index is -0.564. The molecule has 0 saturated carbocycles. The fourth-order valence-electron chi connectivity index (χ4n) is 2.05. The van der Waals surface area contributed by atoms with E-state index in [9.17, 15) is 14.9 Å². The predicted molar refractivity (Wildman–Crippen MR) is 72.8 cm³/mol. The Kier molecular flexibility index (Phi) is 2.80. The molecule has 20 heavy (non-hydrogen) atoms. The number of carbonyl (C=O) groups excluding carboxylic acids is 1. The van der Waals surface area contributed by atoms with Gasteiger partial charge in [0.2, 0.25) is 0 Å². The molecule has 1 heterocycles. The van der Waals surface area contributed by atoms with Gasteiger partial charge in [-0.05, 0) is 17.7 Å². The Labute approximate surface area is 114 Å². The van der Waals surface area contributed by atoms with Crippen LogP contribution in [-0.4, -0.2) is 10.9 Å². The lowest BCUT2D eigenvalue weighted by Gasteiger charge is -1.98. The molecule has 0 amide bonds. The molecule has 2 aromatic carbocycles. The number of cyclic esters (lactones) is 1. The van der Waals surface area contributed by atoms with E-state index in [2.05, 4.69) is 0 Å². The number of nitrogens with zero attached hydrogens (tertiary/aromatic N) is 1. The van der Waals surface area contributed by atoms with Gasteiger partial charge in [0.25, 0.3) is 5.69 Å². The van der Waals surface area contributed by atoms with Crippen LogP contribution in [0.1, 0.15) is 21.5 Å². The number of benzene rings is 2. The lowest BCUT2D eigenvalue weighted by atomic mass is 10.1. The van der Waals surface area contributed by atoms with Gasteiger partial charge in [0.05, 0.1) is 10.5 Å². The Balaban J connectivity index is 2.07. The average Bonchev–Trinajstić information content (AvgIpc) is 2.76. The van der Waals surface area contributed by atoms with Crippen molar-refractivity contribution in [2.75, 3.05) is 0 Å². The zero-order valence-electron chi connectivity index (χ0n) is 10.3. The van der Waals surface area contributed by atoms with Crippen molar-refractivity contribution < 1.29 is 14.5 Å². The van der Waals surface area contributed by atoms with Crippen LogP contribution in [-0.2, 0) is 4.74 Å². The highest BCUT2D eigenvalue weighted by Gasteiger charge is 2.28. The van der Waals surface area contributed by atoms with Gasteiger partial charge in [0.1, 0.15) is 5.76 Å². The third-order valence-electron chi connectivity index (χ3n) is 3.00. The zero-order chi connectivity index (χ0) is 14.1. The second-order valence-corrected chi connectivity index (χ2v) is 4.30. The molecule has 2 aromatic rings. The van der Waals surface area contributed by atoms with E-state index < -0.39 is 10.9 Å². The second-order valence-electron chi connectivity index (χ2n) is 4.30. The van der Waals surface area contributed by atoms with Crippen LogP contribution in [0.2, 0.25) is 0 Å². The summed E-state index contributed by atoms with van der Waals surface area (Å²) in [7, 11) is 0. The van der Waals surface area contributed by atoms with Crippen LogP contribution in [0.15, 0.2) is 48.5 Å². The van der Waals surface area contributed by atoms with Gasteiger partial charge in [-0.3, -0.25) is 10.1 Å². The number of fused-ring (bicyclic) bond motifs is 1.